The maximum absolute atomic E-state index is 5.87. The number of pyridine rings is 2. The van der Waals surface area contributed by atoms with Crippen LogP contribution in [0.25, 0.3) is 0 Å². The number of hydrogen-bond donors (Lipinski definition) is 2. The predicted octanol–water partition coefficient (Wildman–Crippen LogP) is 1.99. The summed E-state index contributed by atoms with van der Waals surface area (Å²) in [5.74, 6) is 5.60. The SMILES string of the molecule is Cc1cncc(C(NN)c2ccnc(Cl)c2)c1. The first-order valence-corrected chi connectivity index (χ1v) is 5.57. The summed E-state index contributed by atoms with van der Waals surface area (Å²) in [7, 11) is 0. The summed E-state index contributed by atoms with van der Waals surface area (Å²) < 4.78 is 0. The summed E-state index contributed by atoms with van der Waals surface area (Å²) in [4.78, 5) is 8.11. The fraction of sp³-hybridized carbons (Fsp3) is 0.167. The molecule has 0 spiro atoms. The molecule has 1 unspecified atom stereocenters. The first kappa shape index (κ1) is 12.0. The number of aryl methyl sites for hydroxylation is 1. The molecule has 0 saturated heterocycles. The molecule has 17 heavy (non-hydrogen) atoms. The third-order valence-electron chi connectivity index (χ3n) is 2.48. The van der Waals surface area contributed by atoms with Crippen LogP contribution < -0.4 is 11.3 Å². The maximum Gasteiger partial charge on any atom is 0.129 e. The van der Waals surface area contributed by atoms with Crippen LogP contribution in [0.5, 0.6) is 0 Å². The number of hydrogen-bond acceptors (Lipinski definition) is 4. The molecule has 1 atom stereocenters. The van der Waals surface area contributed by atoms with Gasteiger partial charge in [-0.3, -0.25) is 10.8 Å². The van der Waals surface area contributed by atoms with Crippen molar-refractivity contribution >= 4 is 11.6 Å². The van der Waals surface area contributed by atoms with Crippen molar-refractivity contribution in [1.82, 2.24) is 15.4 Å². The van der Waals surface area contributed by atoms with Crippen molar-refractivity contribution in [2.45, 2.75) is 13.0 Å². The Morgan fingerprint density at radius 1 is 1.29 bits per heavy atom. The molecule has 2 aromatic rings. The Bertz CT molecular complexity index is 470. The number of aromatic nitrogens is 2. The molecule has 0 saturated carbocycles. The van der Waals surface area contributed by atoms with Crippen LogP contribution in [-0.4, -0.2) is 9.97 Å². The lowest BCUT2D eigenvalue weighted by molar-refractivity contribution is 0.633. The minimum atomic E-state index is -0.136. The van der Waals surface area contributed by atoms with Gasteiger partial charge >= 0.3 is 0 Å². The van der Waals surface area contributed by atoms with E-state index in [0.717, 1.165) is 16.7 Å². The van der Waals surface area contributed by atoms with Crippen molar-refractivity contribution < 1.29 is 0 Å². The topological polar surface area (TPSA) is 63.8 Å². The van der Waals surface area contributed by atoms with E-state index in [2.05, 4.69) is 15.4 Å². The summed E-state index contributed by atoms with van der Waals surface area (Å²) in [6, 6.07) is 5.56. The van der Waals surface area contributed by atoms with E-state index in [0.29, 0.717) is 5.15 Å². The van der Waals surface area contributed by atoms with Gasteiger partial charge in [0.15, 0.2) is 0 Å². The maximum atomic E-state index is 5.87. The van der Waals surface area contributed by atoms with E-state index in [4.69, 9.17) is 17.4 Å². The molecule has 0 fully saturated rings. The van der Waals surface area contributed by atoms with Crippen molar-refractivity contribution in [3.05, 3.63) is 58.6 Å². The molecule has 0 aliphatic carbocycles. The first-order valence-electron chi connectivity index (χ1n) is 5.20. The average Bonchev–Trinajstić information content (AvgIpc) is 2.30. The Labute approximate surface area is 105 Å². The highest BCUT2D eigenvalue weighted by molar-refractivity contribution is 6.29. The molecule has 5 heteroatoms. The van der Waals surface area contributed by atoms with Crippen LogP contribution in [0.1, 0.15) is 22.7 Å². The van der Waals surface area contributed by atoms with Gasteiger partial charge < -0.3 is 0 Å². The van der Waals surface area contributed by atoms with Gasteiger partial charge in [0.05, 0.1) is 6.04 Å². The van der Waals surface area contributed by atoms with Gasteiger partial charge in [-0.15, -0.1) is 0 Å². The van der Waals surface area contributed by atoms with Crippen LogP contribution in [-0.2, 0) is 0 Å². The number of halogens is 1. The number of nitrogens with two attached hydrogens (primary N) is 1. The second-order valence-electron chi connectivity index (χ2n) is 3.81. The largest absolute Gasteiger partial charge is 0.271 e. The Balaban J connectivity index is 2.40. The Hall–Kier alpha value is -1.49. The van der Waals surface area contributed by atoms with Gasteiger partial charge in [-0.25, -0.2) is 10.4 Å². The zero-order valence-corrected chi connectivity index (χ0v) is 10.1. The van der Waals surface area contributed by atoms with E-state index in [-0.39, 0.29) is 6.04 Å². The fourth-order valence-corrected chi connectivity index (χ4v) is 1.90. The summed E-state index contributed by atoms with van der Waals surface area (Å²) in [6.07, 6.45) is 5.24. The molecule has 2 aromatic heterocycles. The lowest BCUT2D eigenvalue weighted by Gasteiger charge is -2.16. The van der Waals surface area contributed by atoms with E-state index in [1.165, 1.54) is 0 Å². The standard InChI is InChI=1S/C12H13ClN4/c1-8-4-10(7-15-6-8)12(17-14)9-2-3-16-11(13)5-9/h2-7,12,17H,14H2,1H3. The predicted molar refractivity (Wildman–Crippen MR) is 67.4 cm³/mol. The van der Waals surface area contributed by atoms with E-state index < -0.39 is 0 Å². The van der Waals surface area contributed by atoms with Crippen LogP contribution in [0, 0.1) is 6.92 Å². The Kier molecular flexibility index (Phi) is 3.68. The molecule has 88 valence electrons. The van der Waals surface area contributed by atoms with Crippen molar-refractivity contribution in [3.8, 4) is 0 Å². The minimum Gasteiger partial charge on any atom is -0.271 e. The lowest BCUT2D eigenvalue weighted by atomic mass is 10.0. The molecule has 0 amide bonds. The lowest BCUT2D eigenvalue weighted by Crippen LogP contribution is -2.29. The zero-order valence-electron chi connectivity index (χ0n) is 9.39. The third kappa shape index (κ3) is 2.79. The summed E-state index contributed by atoms with van der Waals surface area (Å²) in [6.45, 7) is 1.99. The van der Waals surface area contributed by atoms with Crippen molar-refractivity contribution in [1.29, 1.82) is 0 Å². The van der Waals surface area contributed by atoms with E-state index >= 15 is 0 Å². The molecular formula is C12H13ClN4. The van der Waals surface area contributed by atoms with Gasteiger partial charge in [-0.2, -0.15) is 0 Å². The molecule has 4 nitrogen and oxygen atoms in total. The smallest absolute Gasteiger partial charge is 0.129 e. The highest BCUT2D eigenvalue weighted by atomic mass is 35.5. The van der Waals surface area contributed by atoms with Gasteiger partial charge in [0, 0.05) is 18.6 Å². The second-order valence-corrected chi connectivity index (χ2v) is 4.19. The third-order valence-corrected chi connectivity index (χ3v) is 2.69. The Morgan fingerprint density at radius 3 is 2.76 bits per heavy atom. The van der Waals surface area contributed by atoms with Gasteiger partial charge in [0.1, 0.15) is 5.15 Å². The normalized spacial score (nSPS) is 12.4. The van der Waals surface area contributed by atoms with Crippen LogP contribution in [0.4, 0.5) is 0 Å². The average molecular weight is 249 g/mol. The monoisotopic (exact) mass is 248 g/mol. The molecule has 3 N–H and O–H groups in total. The van der Waals surface area contributed by atoms with E-state index in [1.54, 1.807) is 24.7 Å². The van der Waals surface area contributed by atoms with Crippen LogP contribution >= 0.6 is 11.6 Å². The minimum absolute atomic E-state index is 0.136. The van der Waals surface area contributed by atoms with E-state index in [1.807, 2.05) is 19.1 Å². The molecule has 2 rings (SSSR count). The summed E-state index contributed by atoms with van der Waals surface area (Å²) in [5, 5.41) is 0.448. The van der Waals surface area contributed by atoms with Gasteiger partial charge in [0.25, 0.3) is 0 Å². The number of nitrogens with zero attached hydrogens (tertiary/aromatic N) is 2. The molecule has 0 radical (unpaired) electrons. The Morgan fingerprint density at radius 2 is 2.12 bits per heavy atom. The highest BCUT2D eigenvalue weighted by Crippen LogP contribution is 2.22. The molecule has 2 heterocycles. The molecule has 0 aromatic carbocycles. The van der Waals surface area contributed by atoms with Crippen molar-refractivity contribution in [3.63, 3.8) is 0 Å². The highest BCUT2D eigenvalue weighted by Gasteiger charge is 2.13. The van der Waals surface area contributed by atoms with Crippen LogP contribution in [0.15, 0.2) is 36.8 Å². The number of rotatable bonds is 3. The molecular weight excluding hydrogens is 236 g/mol. The van der Waals surface area contributed by atoms with Crippen molar-refractivity contribution in [2.75, 3.05) is 0 Å². The summed E-state index contributed by atoms with van der Waals surface area (Å²) >= 11 is 5.87. The zero-order chi connectivity index (χ0) is 12.3. The first-order chi connectivity index (χ1) is 8.20. The van der Waals surface area contributed by atoms with Crippen LogP contribution in [0.2, 0.25) is 5.15 Å². The fourth-order valence-electron chi connectivity index (χ4n) is 1.72. The molecule has 0 aliphatic rings. The van der Waals surface area contributed by atoms with Crippen molar-refractivity contribution in [2.24, 2.45) is 5.84 Å². The number of hydrazine groups is 1. The van der Waals surface area contributed by atoms with Gasteiger partial charge in [-0.1, -0.05) is 17.7 Å². The molecule has 0 aliphatic heterocycles. The summed E-state index contributed by atoms with van der Waals surface area (Å²) in [5.41, 5.74) is 5.80. The van der Waals surface area contributed by atoms with E-state index in [9.17, 15) is 0 Å². The van der Waals surface area contributed by atoms with Crippen LogP contribution in [0.3, 0.4) is 0 Å². The van der Waals surface area contributed by atoms with Gasteiger partial charge in [-0.05, 0) is 35.7 Å². The molecule has 0 bridgehead atoms. The number of nitrogens with one attached hydrogen (secondary N) is 1. The second kappa shape index (κ2) is 5.23. The quantitative estimate of drug-likeness (QED) is 0.495. The van der Waals surface area contributed by atoms with Gasteiger partial charge in [0.2, 0.25) is 0 Å².